The number of hydrogen-bond acceptors (Lipinski definition) is 3. The molecule has 1 aromatic carbocycles. The fourth-order valence-corrected chi connectivity index (χ4v) is 1.76. The molecule has 0 saturated carbocycles. The fourth-order valence-electron chi connectivity index (χ4n) is 1.76. The van der Waals surface area contributed by atoms with Crippen LogP contribution in [0.5, 0.6) is 0 Å². The van der Waals surface area contributed by atoms with Crippen LogP contribution in [0.1, 0.15) is 0 Å². The van der Waals surface area contributed by atoms with Crippen LogP contribution in [0.25, 0.3) is 11.3 Å². The summed E-state index contributed by atoms with van der Waals surface area (Å²) in [5, 5.41) is 8.82. The molecule has 2 rings (SSSR count). The number of carboxylic acid groups (broad SMARTS) is 1. The monoisotopic (exact) mass is 245 g/mol. The lowest BCUT2D eigenvalue weighted by Crippen LogP contribution is -2.09. The maximum absolute atomic E-state index is 10.7. The zero-order chi connectivity index (χ0) is 13.1. The van der Waals surface area contributed by atoms with E-state index in [0.717, 1.165) is 16.9 Å². The van der Waals surface area contributed by atoms with Crippen LogP contribution in [0, 0.1) is 0 Å². The quantitative estimate of drug-likeness (QED) is 0.890. The fraction of sp³-hybridized carbons (Fsp3) is 0.231. The number of carboxylic acids is 1. The van der Waals surface area contributed by atoms with Crippen LogP contribution in [0.15, 0.2) is 36.8 Å². The molecule has 0 atom stereocenters. The van der Waals surface area contributed by atoms with Crippen LogP contribution in [0.3, 0.4) is 0 Å². The average Bonchev–Trinajstić information content (AvgIpc) is 2.76. The van der Waals surface area contributed by atoms with Gasteiger partial charge in [0.15, 0.2) is 0 Å². The zero-order valence-corrected chi connectivity index (χ0v) is 10.4. The van der Waals surface area contributed by atoms with Crippen molar-refractivity contribution in [1.82, 2.24) is 9.55 Å². The van der Waals surface area contributed by atoms with Gasteiger partial charge in [-0.2, -0.15) is 0 Å². The summed E-state index contributed by atoms with van der Waals surface area (Å²) in [5.41, 5.74) is 2.87. The molecular formula is C13H15N3O2. The molecule has 0 spiro atoms. The second-order valence-corrected chi connectivity index (χ2v) is 4.24. The molecule has 0 amide bonds. The first kappa shape index (κ1) is 12.2. The molecule has 18 heavy (non-hydrogen) atoms. The van der Waals surface area contributed by atoms with Crippen molar-refractivity contribution in [3.05, 3.63) is 36.8 Å². The van der Waals surface area contributed by atoms with Crippen LogP contribution in [-0.4, -0.2) is 34.7 Å². The van der Waals surface area contributed by atoms with E-state index in [2.05, 4.69) is 4.98 Å². The summed E-state index contributed by atoms with van der Waals surface area (Å²) in [6.45, 7) is -0.0786. The minimum absolute atomic E-state index is 0.0786. The van der Waals surface area contributed by atoms with Gasteiger partial charge in [-0.15, -0.1) is 0 Å². The summed E-state index contributed by atoms with van der Waals surface area (Å²) < 4.78 is 1.62. The summed E-state index contributed by atoms with van der Waals surface area (Å²) in [4.78, 5) is 16.7. The molecule has 94 valence electrons. The first-order chi connectivity index (χ1) is 8.58. The van der Waals surface area contributed by atoms with Crippen molar-refractivity contribution in [3.8, 4) is 11.3 Å². The van der Waals surface area contributed by atoms with E-state index in [1.54, 1.807) is 10.8 Å². The predicted molar refractivity (Wildman–Crippen MR) is 69.6 cm³/mol. The maximum Gasteiger partial charge on any atom is 0.323 e. The lowest BCUT2D eigenvalue weighted by Gasteiger charge is -2.13. The third-order valence-corrected chi connectivity index (χ3v) is 2.70. The van der Waals surface area contributed by atoms with E-state index in [9.17, 15) is 4.79 Å². The molecule has 0 aliphatic heterocycles. The highest BCUT2D eigenvalue weighted by Crippen LogP contribution is 2.22. The van der Waals surface area contributed by atoms with Crippen molar-refractivity contribution in [2.24, 2.45) is 0 Å². The Bertz CT molecular complexity index is 544. The third kappa shape index (κ3) is 2.51. The van der Waals surface area contributed by atoms with Crippen molar-refractivity contribution >= 4 is 11.7 Å². The molecule has 1 aromatic heterocycles. The van der Waals surface area contributed by atoms with Gasteiger partial charge in [0.25, 0.3) is 0 Å². The summed E-state index contributed by atoms with van der Waals surface area (Å²) in [6, 6.07) is 7.91. The summed E-state index contributed by atoms with van der Waals surface area (Å²) in [6.07, 6.45) is 3.21. The van der Waals surface area contributed by atoms with Crippen LogP contribution in [0.2, 0.25) is 0 Å². The molecule has 5 nitrogen and oxygen atoms in total. The number of aromatic nitrogens is 2. The second kappa shape index (κ2) is 4.91. The van der Waals surface area contributed by atoms with Gasteiger partial charge in [0, 0.05) is 19.8 Å². The highest BCUT2D eigenvalue weighted by Gasteiger charge is 2.08. The molecule has 2 aromatic rings. The Labute approximate surface area is 105 Å². The Balaban J connectivity index is 2.31. The molecule has 0 aliphatic carbocycles. The normalized spacial score (nSPS) is 10.3. The number of hydrogen-bond donors (Lipinski definition) is 1. The van der Waals surface area contributed by atoms with Gasteiger partial charge in [-0.3, -0.25) is 4.79 Å². The molecule has 0 aliphatic rings. The maximum atomic E-state index is 10.7. The predicted octanol–water partition coefficient (Wildman–Crippen LogP) is 1.70. The second-order valence-electron chi connectivity index (χ2n) is 4.24. The summed E-state index contributed by atoms with van der Waals surface area (Å²) >= 11 is 0. The number of imidazole rings is 1. The van der Waals surface area contributed by atoms with Gasteiger partial charge in [-0.1, -0.05) is 12.1 Å². The lowest BCUT2D eigenvalue weighted by atomic mass is 10.1. The average molecular weight is 245 g/mol. The van der Waals surface area contributed by atoms with E-state index in [4.69, 9.17) is 5.11 Å². The lowest BCUT2D eigenvalue weighted by molar-refractivity contribution is -0.137. The van der Waals surface area contributed by atoms with Crippen LogP contribution >= 0.6 is 0 Å². The summed E-state index contributed by atoms with van der Waals surface area (Å²) in [7, 11) is 3.95. The molecule has 0 unspecified atom stereocenters. The van der Waals surface area contributed by atoms with E-state index >= 15 is 0 Å². The first-order valence-electron chi connectivity index (χ1n) is 5.57. The highest BCUT2D eigenvalue weighted by molar-refractivity contribution is 5.69. The molecule has 0 bridgehead atoms. The minimum atomic E-state index is -0.876. The van der Waals surface area contributed by atoms with Gasteiger partial charge in [-0.05, 0) is 17.7 Å². The SMILES string of the molecule is CN(C)c1ccc(-c2cncn2CC(=O)O)cc1. The van der Waals surface area contributed by atoms with Crippen molar-refractivity contribution in [1.29, 1.82) is 0 Å². The Morgan fingerprint density at radius 2 is 2.00 bits per heavy atom. The largest absolute Gasteiger partial charge is 0.480 e. The van der Waals surface area contributed by atoms with Crippen molar-refractivity contribution in [2.75, 3.05) is 19.0 Å². The molecule has 1 heterocycles. The van der Waals surface area contributed by atoms with E-state index in [0.29, 0.717) is 0 Å². The van der Waals surface area contributed by atoms with Crippen LogP contribution < -0.4 is 4.90 Å². The van der Waals surface area contributed by atoms with Gasteiger partial charge >= 0.3 is 5.97 Å². The number of aliphatic carboxylic acids is 1. The molecule has 0 saturated heterocycles. The number of benzene rings is 1. The van der Waals surface area contributed by atoms with E-state index in [1.807, 2.05) is 43.3 Å². The summed E-state index contributed by atoms with van der Waals surface area (Å²) in [5.74, 6) is -0.876. The molecule has 0 radical (unpaired) electrons. The van der Waals surface area contributed by atoms with Crippen molar-refractivity contribution < 1.29 is 9.90 Å². The third-order valence-electron chi connectivity index (χ3n) is 2.70. The molecular weight excluding hydrogens is 230 g/mol. The van der Waals surface area contributed by atoms with Gasteiger partial charge in [0.1, 0.15) is 6.54 Å². The van der Waals surface area contributed by atoms with Crippen LogP contribution in [0.4, 0.5) is 5.69 Å². The van der Waals surface area contributed by atoms with Gasteiger partial charge < -0.3 is 14.6 Å². The Morgan fingerprint density at radius 1 is 1.33 bits per heavy atom. The minimum Gasteiger partial charge on any atom is -0.480 e. The molecule has 0 fully saturated rings. The van der Waals surface area contributed by atoms with Crippen LogP contribution in [-0.2, 0) is 11.3 Å². The Kier molecular flexibility index (Phi) is 3.32. The van der Waals surface area contributed by atoms with Crippen molar-refractivity contribution in [3.63, 3.8) is 0 Å². The number of nitrogens with zero attached hydrogens (tertiary/aromatic N) is 3. The van der Waals surface area contributed by atoms with Gasteiger partial charge in [0.05, 0.1) is 18.2 Å². The molecule has 1 N–H and O–H groups in total. The first-order valence-corrected chi connectivity index (χ1v) is 5.57. The zero-order valence-electron chi connectivity index (χ0n) is 10.4. The Morgan fingerprint density at radius 3 is 2.56 bits per heavy atom. The smallest absolute Gasteiger partial charge is 0.323 e. The standard InChI is InChI=1S/C13H15N3O2/c1-15(2)11-5-3-10(4-6-11)12-7-14-9-16(12)8-13(17)18/h3-7,9H,8H2,1-2H3,(H,17,18). The van der Waals surface area contributed by atoms with E-state index in [-0.39, 0.29) is 6.54 Å². The topological polar surface area (TPSA) is 58.4 Å². The Hall–Kier alpha value is -2.30. The van der Waals surface area contributed by atoms with Gasteiger partial charge in [0.2, 0.25) is 0 Å². The van der Waals surface area contributed by atoms with E-state index < -0.39 is 5.97 Å². The van der Waals surface area contributed by atoms with Gasteiger partial charge in [-0.25, -0.2) is 4.98 Å². The van der Waals surface area contributed by atoms with E-state index in [1.165, 1.54) is 6.33 Å². The number of carbonyl (C=O) groups is 1. The molecule has 5 heteroatoms. The van der Waals surface area contributed by atoms with Crippen molar-refractivity contribution in [2.45, 2.75) is 6.54 Å². The number of rotatable bonds is 4. The highest BCUT2D eigenvalue weighted by atomic mass is 16.4. The number of anilines is 1.